The predicted molar refractivity (Wildman–Crippen MR) is 182 cm³/mol. The van der Waals surface area contributed by atoms with Gasteiger partial charge in [0.2, 0.25) is 0 Å². The number of ether oxygens (including phenoxy) is 1. The van der Waals surface area contributed by atoms with E-state index in [0.717, 1.165) is 64.2 Å². The van der Waals surface area contributed by atoms with Gasteiger partial charge in [-0.1, -0.05) is 46.6 Å². The van der Waals surface area contributed by atoms with Gasteiger partial charge in [0, 0.05) is 18.4 Å². The van der Waals surface area contributed by atoms with Crippen LogP contribution in [0.5, 0.6) is 11.5 Å². The number of esters is 1. The van der Waals surface area contributed by atoms with Gasteiger partial charge in [-0.15, -0.1) is 0 Å². The molecule has 48 heavy (non-hydrogen) atoms. The first-order chi connectivity index (χ1) is 22.5. The number of nitrogens with two attached hydrogens (primary N) is 1. The van der Waals surface area contributed by atoms with Crippen LogP contribution >= 0.6 is 0 Å². The number of benzene rings is 1. The summed E-state index contributed by atoms with van der Waals surface area (Å²) in [6.07, 6.45) is 9.27. The Hall–Kier alpha value is -2.65. The van der Waals surface area contributed by atoms with Crippen LogP contribution < -0.4 is 5.73 Å². The first-order valence-electron chi connectivity index (χ1n) is 18.4. The van der Waals surface area contributed by atoms with E-state index in [1.807, 2.05) is 0 Å². The largest absolute Gasteiger partial charge is 0.507 e. The van der Waals surface area contributed by atoms with Crippen molar-refractivity contribution in [1.29, 1.82) is 0 Å². The van der Waals surface area contributed by atoms with E-state index < -0.39 is 40.6 Å². The minimum absolute atomic E-state index is 0.0315. The second-order valence-electron chi connectivity index (χ2n) is 17.0. The lowest BCUT2D eigenvalue weighted by Crippen LogP contribution is -2.59. The van der Waals surface area contributed by atoms with Gasteiger partial charge in [-0.3, -0.25) is 14.4 Å². The second kappa shape index (κ2) is 13.9. The highest BCUT2D eigenvalue weighted by Crippen LogP contribution is 2.69. The number of amides is 1. The van der Waals surface area contributed by atoms with E-state index in [0.29, 0.717) is 30.1 Å². The van der Waals surface area contributed by atoms with E-state index in [4.69, 9.17) is 10.5 Å². The number of Topliss-reactive ketones (excluding diaryl/α,β-unsaturated/α-hetero) is 1. The minimum atomic E-state index is -1.00. The molecule has 0 bridgehead atoms. The smallest absolute Gasteiger partial charge is 0.306 e. The van der Waals surface area contributed by atoms with Gasteiger partial charge in [0.05, 0.1) is 18.1 Å². The number of aromatic hydroxyl groups is 2. The fraction of sp³-hybridized carbons (Fsp3) is 0.769. The number of fused-ring (bicyclic) bond motifs is 5. The van der Waals surface area contributed by atoms with Gasteiger partial charge < -0.3 is 30.9 Å². The molecule has 4 unspecified atom stereocenters. The lowest BCUT2D eigenvalue weighted by molar-refractivity contribution is -0.187. The summed E-state index contributed by atoms with van der Waals surface area (Å²) in [6.45, 7) is 11.3. The van der Waals surface area contributed by atoms with Gasteiger partial charge in [0.15, 0.2) is 0 Å². The number of hydrogen-bond donors (Lipinski definition) is 5. The molecule has 6 N–H and O–H groups in total. The third kappa shape index (κ3) is 7.01. The highest BCUT2D eigenvalue weighted by molar-refractivity contribution is 5.99. The first kappa shape index (κ1) is 36.6. The van der Waals surface area contributed by atoms with Crippen molar-refractivity contribution < 1.29 is 39.5 Å². The molecule has 0 heterocycles. The average Bonchev–Trinajstić information content (AvgIpc) is 3.36. The van der Waals surface area contributed by atoms with E-state index in [2.05, 4.69) is 34.6 Å². The lowest BCUT2D eigenvalue weighted by Gasteiger charge is -2.62. The molecular weight excluding hydrogens is 610 g/mol. The van der Waals surface area contributed by atoms with Crippen molar-refractivity contribution in [3.63, 3.8) is 0 Å². The molecule has 0 aromatic heterocycles. The molecular formula is C39H59NO8. The van der Waals surface area contributed by atoms with Crippen molar-refractivity contribution in [2.24, 2.45) is 52.1 Å². The molecule has 1 aromatic carbocycles. The Balaban J connectivity index is 1.16. The van der Waals surface area contributed by atoms with Crippen LogP contribution in [0, 0.1) is 46.3 Å². The van der Waals surface area contributed by atoms with E-state index in [-0.39, 0.29) is 59.4 Å². The minimum Gasteiger partial charge on any atom is -0.507 e. The zero-order valence-corrected chi connectivity index (χ0v) is 29.7. The maximum absolute atomic E-state index is 12.8. The number of carbonyl (C=O) groups excluding carboxylic acids is 3. The molecule has 5 rings (SSSR count). The molecule has 4 fully saturated rings. The number of primary amides is 1. The van der Waals surface area contributed by atoms with Crippen LogP contribution in [0.3, 0.4) is 0 Å². The Morgan fingerprint density at radius 3 is 2.35 bits per heavy atom. The van der Waals surface area contributed by atoms with E-state index >= 15 is 0 Å². The Morgan fingerprint density at radius 2 is 1.67 bits per heavy atom. The van der Waals surface area contributed by atoms with Gasteiger partial charge in [0.1, 0.15) is 28.9 Å². The van der Waals surface area contributed by atoms with E-state index in [1.165, 1.54) is 12.1 Å². The fourth-order valence-corrected chi connectivity index (χ4v) is 11.2. The van der Waals surface area contributed by atoms with Crippen molar-refractivity contribution in [3.05, 3.63) is 23.3 Å². The second-order valence-corrected chi connectivity index (χ2v) is 17.0. The molecule has 0 saturated heterocycles. The molecule has 0 aliphatic heterocycles. The van der Waals surface area contributed by atoms with Crippen molar-refractivity contribution in [1.82, 2.24) is 0 Å². The summed E-state index contributed by atoms with van der Waals surface area (Å²) >= 11 is 0. The zero-order chi connectivity index (χ0) is 35.2. The van der Waals surface area contributed by atoms with Gasteiger partial charge in [-0.25, -0.2) is 0 Å². The summed E-state index contributed by atoms with van der Waals surface area (Å²) in [5, 5.41) is 43.5. The third-order valence-corrected chi connectivity index (χ3v) is 13.6. The van der Waals surface area contributed by atoms with Crippen LogP contribution in [0.15, 0.2) is 12.1 Å². The Kier molecular flexibility index (Phi) is 10.6. The molecule has 4 aliphatic rings. The van der Waals surface area contributed by atoms with Gasteiger partial charge >= 0.3 is 5.97 Å². The first-order valence-corrected chi connectivity index (χ1v) is 18.4. The summed E-state index contributed by atoms with van der Waals surface area (Å²) in [6, 6.07) is 2.55. The van der Waals surface area contributed by atoms with Crippen molar-refractivity contribution in [3.8, 4) is 11.5 Å². The molecule has 10 atom stereocenters. The molecule has 1 aromatic rings. The maximum atomic E-state index is 12.8. The summed E-state index contributed by atoms with van der Waals surface area (Å²) in [7, 11) is 0. The maximum Gasteiger partial charge on any atom is 0.306 e. The number of hydrogen-bond acceptors (Lipinski definition) is 8. The van der Waals surface area contributed by atoms with Crippen molar-refractivity contribution in [2.75, 3.05) is 0 Å². The molecule has 9 heteroatoms. The fourth-order valence-electron chi connectivity index (χ4n) is 11.2. The van der Waals surface area contributed by atoms with Crippen LogP contribution in [-0.2, 0) is 20.7 Å². The van der Waals surface area contributed by atoms with E-state index in [1.54, 1.807) is 0 Å². The summed E-state index contributed by atoms with van der Waals surface area (Å²) < 4.78 is 5.87. The number of aliphatic hydroxyl groups is 2. The highest BCUT2D eigenvalue weighted by Gasteiger charge is 2.64. The average molecular weight is 670 g/mol. The molecule has 4 saturated carbocycles. The number of phenols is 2. The zero-order valence-electron chi connectivity index (χ0n) is 29.7. The van der Waals surface area contributed by atoms with E-state index in [9.17, 15) is 34.8 Å². The summed E-state index contributed by atoms with van der Waals surface area (Å²) in [5.74, 6) is -0.352. The van der Waals surface area contributed by atoms with Crippen molar-refractivity contribution in [2.45, 2.75) is 142 Å². The summed E-state index contributed by atoms with van der Waals surface area (Å²) in [4.78, 5) is 37.0. The predicted octanol–water partition coefficient (Wildman–Crippen LogP) is 6.21. The van der Waals surface area contributed by atoms with Gasteiger partial charge in [0.25, 0.3) is 5.91 Å². The normalized spacial score (nSPS) is 35.6. The van der Waals surface area contributed by atoms with Crippen LogP contribution in [0.25, 0.3) is 0 Å². The standard InChI is InChI=1S/C39H59NO8/c1-22(2)7-6-16-39(5,47)32-12-10-27-26-21-31(43)29-20-25(14-17-37(29,3)28(26)15-18-38(27,32)4)48-33(44)13-9-24(41)19-23-8-11-30(42)34(35(23)45)36(40)46/h8,11,22,25-29,31-32,42-43,45,47H,6-7,9-10,12-21H2,1-5H3,(H2,40,46)/t25-,26?,27?,28?,29+,31-,32?,37+,38-,39-/m0/s1. The number of rotatable bonds is 12. The SMILES string of the molecule is CC(C)CCC[C@](C)(O)C1CCC2C3C[C@H](O)[C@H]4C[C@@H](OC(=O)CCC(=O)Cc5ccc(O)c(C(N)=O)c5O)CC[C@]4(C)C3CC[C@@]21C. The molecule has 268 valence electrons. The third-order valence-electron chi connectivity index (χ3n) is 13.6. The summed E-state index contributed by atoms with van der Waals surface area (Å²) in [5.41, 5.74) is 4.33. The number of ketones is 1. The van der Waals surface area contributed by atoms with Crippen molar-refractivity contribution >= 4 is 17.7 Å². The molecule has 0 radical (unpaired) electrons. The lowest BCUT2D eigenvalue weighted by atomic mass is 9.43. The quantitative estimate of drug-likeness (QED) is 0.164. The van der Waals surface area contributed by atoms with Crippen LogP contribution in [-0.4, -0.2) is 55.9 Å². The highest BCUT2D eigenvalue weighted by atomic mass is 16.5. The molecule has 4 aliphatic carbocycles. The Morgan fingerprint density at radius 1 is 0.979 bits per heavy atom. The number of aliphatic hydroxyl groups excluding tert-OH is 1. The van der Waals surface area contributed by atoms with Gasteiger partial charge in [-0.2, -0.15) is 0 Å². The molecule has 9 nitrogen and oxygen atoms in total. The van der Waals surface area contributed by atoms with Crippen LogP contribution in [0.2, 0.25) is 0 Å². The topological polar surface area (TPSA) is 167 Å². The van der Waals surface area contributed by atoms with Crippen LogP contribution in [0.4, 0.5) is 0 Å². The number of carbonyl (C=O) groups is 3. The molecule has 1 amide bonds. The van der Waals surface area contributed by atoms with Crippen LogP contribution in [0.1, 0.15) is 134 Å². The monoisotopic (exact) mass is 669 g/mol. The van der Waals surface area contributed by atoms with Gasteiger partial charge in [-0.05, 0) is 117 Å². The Labute approximate surface area is 286 Å². The molecule has 0 spiro atoms. The Bertz CT molecular complexity index is 1370.